The van der Waals surface area contributed by atoms with Gasteiger partial charge in [0.15, 0.2) is 0 Å². The van der Waals surface area contributed by atoms with Gasteiger partial charge in [-0.05, 0) is 57.7 Å². The van der Waals surface area contributed by atoms with Crippen molar-refractivity contribution < 1.29 is 9.84 Å². The number of likely N-dealkylation sites (N-methyl/N-ethyl adjacent to an activating group) is 2. The van der Waals surface area contributed by atoms with Gasteiger partial charge in [-0.15, -0.1) is 0 Å². The minimum absolute atomic E-state index is 0.556. The number of β-amino-alcohol motifs (C(OH)–C–C–N with tert-alkyl or cyclic N) is 1. The molecular formula is C22H33N5O2. The van der Waals surface area contributed by atoms with E-state index < -0.39 is 5.60 Å². The Morgan fingerprint density at radius 3 is 2.55 bits per heavy atom. The molecule has 1 saturated heterocycles. The first kappa shape index (κ1) is 21.5. The summed E-state index contributed by atoms with van der Waals surface area (Å²) in [4.78, 5) is 15.0. The molecule has 0 bridgehead atoms. The highest BCUT2D eigenvalue weighted by atomic mass is 16.5. The Morgan fingerprint density at radius 2 is 1.86 bits per heavy atom. The molecule has 1 aliphatic rings. The van der Waals surface area contributed by atoms with Crippen molar-refractivity contribution in [3.63, 3.8) is 0 Å². The lowest BCUT2D eigenvalue weighted by molar-refractivity contribution is -0.00366. The SMILES string of the molecule is CN(C)CCOc1ccc(CN(C)CC2(O)CCCN(c3ncccn3)C2)cc1. The van der Waals surface area contributed by atoms with Gasteiger partial charge in [0.1, 0.15) is 12.4 Å². The molecule has 1 fully saturated rings. The van der Waals surface area contributed by atoms with E-state index in [1.807, 2.05) is 32.3 Å². The van der Waals surface area contributed by atoms with Crippen LogP contribution in [0, 0.1) is 0 Å². The number of benzene rings is 1. The smallest absolute Gasteiger partial charge is 0.225 e. The molecule has 158 valence electrons. The number of hydrogen-bond donors (Lipinski definition) is 1. The van der Waals surface area contributed by atoms with Gasteiger partial charge in [-0.25, -0.2) is 9.97 Å². The van der Waals surface area contributed by atoms with Crippen LogP contribution < -0.4 is 9.64 Å². The summed E-state index contributed by atoms with van der Waals surface area (Å²) in [5.41, 5.74) is 0.441. The number of hydrogen-bond acceptors (Lipinski definition) is 7. The lowest BCUT2D eigenvalue weighted by Crippen LogP contribution is -2.54. The van der Waals surface area contributed by atoms with Crippen LogP contribution in [-0.4, -0.2) is 84.4 Å². The van der Waals surface area contributed by atoms with Crippen LogP contribution in [0.15, 0.2) is 42.7 Å². The number of ether oxygens (including phenoxy) is 1. The third kappa shape index (κ3) is 6.66. The minimum Gasteiger partial charge on any atom is -0.492 e. The number of rotatable bonds is 9. The second kappa shape index (κ2) is 10.0. The average molecular weight is 400 g/mol. The summed E-state index contributed by atoms with van der Waals surface area (Å²) in [5.74, 6) is 1.58. The molecule has 7 heteroatoms. The van der Waals surface area contributed by atoms with Crippen LogP contribution in [0.5, 0.6) is 5.75 Å². The van der Waals surface area contributed by atoms with Crippen molar-refractivity contribution in [2.75, 3.05) is 58.8 Å². The number of aliphatic hydroxyl groups is 1. The molecule has 1 atom stereocenters. The summed E-state index contributed by atoms with van der Waals surface area (Å²) in [7, 11) is 6.13. The summed E-state index contributed by atoms with van der Waals surface area (Å²) in [6.07, 6.45) is 5.22. The van der Waals surface area contributed by atoms with Crippen LogP contribution in [0.1, 0.15) is 18.4 Å². The Bertz CT molecular complexity index is 741. The highest BCUT2D eigenvalue weighted by Crippen LogP contribution is 2.25. The Kier molecular flexibility index (Phi) is 7.41. The highest BCUT2D eigenvalue weighted by molar-refractivity contribution is 5.31. The quantitative estimate of drug-likeness (QED) is 0.691. The van der Waals surface area contributed by atoms with Crippen LogP contribution in [0.25, 0.3) is 0 Å². The zero-order valence-electron chi connectivity index (χ0n) is 17.8. The molecule has 1 N–H and O–H groups in total. The summed E-state index contributed by atoms with van der Waals surface area (Å²) in [6.45, 7) is 4.40. The van der Waals surface area contributed by atoms with Crippen LogP contribution in [0.3, 0.4) is 0 Å². The Labute approximate surface area is 173 Å². The van der Waals surface area contributed by atoms with E-state index in [2.05, 4.69) is 43.8 Å². The van der Waals surface area contributed by atoms with Gasteiger partial charge in [0.25, 0.3) is 0 Å². The Morgan fingerprint density at radius 1 is 1.14 bits per heavy atom. The number of nitrogens with zero attached hydrogens (tertiary/aromatic N) is 5. The van der Waals surface area contributed by atoms with Crippen molar-refractivity contribution in [3.05, 3.63) is 48.3 Å². The zero-order chi connectivity index (χ0) is 20.7. The van der Waals surface area contributed by atoms with E-state index in [1.165, 1.54) is 5.56 Å². The second-order valence-corrected chi connectivity index (χ2v) is 8.27. The normalized spacial score (nSPS) is 19.7. The Hall–Kier alpha value is -2.22. The Balaban J connectivity index is 1.51. The van der Waals surface area contributed by atoms with Crippen LogP contribution >= 0.6 is 0 Å². The van der Waals surface area contributed by atoms with Gasteiger partial charge in [0.2, 0.25) is 5.95 Å². The van der Waals surface area contributed by atoms with Crippen LogP contribution in [0.4, 0.5) is 5.95 Å². The summed E-state index contributed by atoms with van der Waals surface area (Å²) in [5, 5.41) is 11.2. The summed E-state index contributed by atoms with van der Waals surface area (Å²) < 4.78 is 5.76. The molecule has 0 spiro atoms. The first-order valence-corrected chi connectivity index (χ1v) is 10.2. The predicted molar refractivity (Wildman–Crippen MR) is 115 cm³/mol. The maximum atomic E-state index is 11.2. The third-order valence-corrected chi connectivity index (χ3v) is 5.14. The molecule has 29 heavy (non-hydrogen) atoms. The first-order chi connectivity index (χ1) is 13.9. The van der Waals surface area contributed by atoms with Gasteiger partial charge in [0.05, 0.1) is 12.1 Å². The molecule has 0 amide bonds. The van der Waals surface area contributed by atoms with Gasteiger partial charge in [0, 0.05) is 38.6 Å². The highest BCUT2D eigenvalue weighted by Gasteiger charge is 2.35. The third-order valence-electron chi connectivity index (χ3n) is 5.14. The molecule has 2 heterocycles. The second-order valence-electron chi connectivity index (χ2n) is 8.27. The van der Waals surface area contributed by atoms with Crippen molar-refractivity contribution >= 4 is 5.95 Å². The number of anilines is 1. The molecule has 0 radical (unpaired) electrons. The van der Waals surface area contributed by atoms with Gasteiger partial charge < -0.3 is 19.6 Å². The average Bonchev–Trinajstić information content (AvgIpc) is 2.69. The van der Waals surface area contributed by atoms with E-state index in [-0.39, 0.29) is 0 Å². The molecule has 1 aromatic carbocycles. The number of piperidine rings is 1. The van der Waals surface area contributed by atoms with E-state index in [1.54, 1.807) is 12.4 Å². The largest absolute Gasteiger partial charge is 0.492 e. The van der Waals surface area contributed by atoms with Gasteiger partial charge in [-0.3, -0.25) is 4.90 Å². The predicted octanol–water partition coefficient (Wildman–Crippen LogP) is 1.88. The molecule has 1 aliphatic heterocycles. The van der Waals surface area contributed by atoms with Gasteiger partial charge in [-0.1, -0.05) is 12.1 Å². The fraction of sp³-hybridized carbons (Fsp3) is 0.545. The topological polar surface area (TPSA) is 65.0 Å². The van der Waals surface area contributed by atoms with Crippen molar-refractivity contribution in [2.45, 2.75) is 25.0 Å². The zero-order valence-corrected chi connectivity index (χ0v) is 17.8. The first-order valence-electron chi connectivity index (χ1n) is 10.2. The molecule has 1 aromatic heterocycles. The van der Waals surface area contributed by atoms with E-state index in [9.17, 15) is 5.11 Å². The van der Waals surface area contributed by atoms with Crippen molar-refractivity contribution in [1.82, 2.24) is 19.8 Å². The minimum atomic E-state index is -0.762. The molecule has 1 unspecified atom stereocenters. The maximum Gasteiger partial charge on any atom is 0.225 e. The van der Waals surface area contributed by atoms with Crippen LogP contribution in [-0.2, 0) is 6.54 Å². The van der Waals surface area contributed by atoms with Gasteiger partial charge >= 0.3 is 0 Å². The van der Waals surface area contributed by atoms with Crippen molar-refractivity contribution in [3.8, 4) is 5.75 Å². The summed E-state index contributed by atoms with van der Waals surface area (Å²) >= 11 is 0. The monoisotopic (exact) mass is 399 g/mol. The molecule has 0 saturated carbocycles. The number of aromatic nitrogens is 2. The lowest BCUT2D eigenvalue weighted by Gasteiger charge is -2.41. The maximum absolute atomic E-state index is 11.2. The van der Waals surface area contributed by atoms with Crippen LogP contribution in [0.2, 0.25) is 0 Å². The molecule has 3 rings (SSSR count). The van der Waals surface area contributed by atoms with E-state index >= 15 is 0 Å². The van der Waals surface area contributed by atoms with Gasteiger partial charge in [-0.2, -0.15) is 0 Å². The summed E-state index contributed by atoms with van der Waals surface area (Å²) in [6, 6.07) is 10.0. The fourth-order valence-corrected chi connectivity index (χ4v) is 3.77. The lowest BCUT2D eigenvalue weighted by atomic mass is 9.92. The molecule has 7 nitrogen and oxygen atoms in total. The molecular weight excluding hydrogens is 366 g/mol. The van der Waals surface area contributed by atoms with E-state index in [4.69, 9.17) is 4.74 Å². The van der Waals surface area contributed by atoms with Crippen molar-refractivity contribution in [1.29, 1.82) is 0 Å². The standard InChI is InChI=1S/C22H33N5O2/c1-25(2)14-15-29-20-8-6-19(7-9-20)16-26(3)17-22(28)10-4-13-27(18-22)21-23-11-5-12-24-21/h5-9,11-12,28H,4,10,13-18H2,1-3H3. The molecule has 0 aliphatic carbocycles. The van der Waals surface area contributed by atoms with Crippen molar-refractivity contribution in [2.24, 2.45) is 0 Å². The fourth-order valence-electron chi connectivity index (χ4n) is 3.77. The van der Waals surface area contributed by atoms with E-state index in [0.29, 0.717) is 25.6 Å². The van der Waals surface area contributed by atoms with E-state index in [0.717, 1.165) is 38.2 Å². The molecule has 2 aromatic rings.